The molecule has 0 aromatic carbocycles. The second kappa shape index (κ2) is 7.20. The van der Waals surface area contributed by atoms with E-state index in [9.17, 15) is 19.2 Å². The van der Waals surface area contributed by atoms with Crippen LogP contribution in [-0.4, -0.2) is 58.5 Å². The van der Waals surface area contributed by atoms with Crippen LogP contribution >= 0.6 is 0 Å². The fourth-order valence-corrected chi connectivity index (χ4v) is 1.06. The first-order valence-electron chi connectivity index (χ1n) is 4.78. The molecule has 0 radical (unpaired) electrons. The van der Waals surface area contributed by atoms with Crippen molar-refractivity contribution in [3.63, 3.8) is 0 Å². The van der Waals surface area contributed by atoms with Gasteiger partial charge < -0.3 is 20.4 Å². The molecule has 8 heteroatoms. The van der Waals surface area contributed by atoms with Crippen molar-refractivity contribution in [1.82, 2.24) is 10.2 Å². The second-order valence-electron chi connectivity index (χ2n) is 3.27. The lowest BCUT2D eigenvalue weighted by Gasteiger charge is -2.18. The van der Waals surface area contributed by atoms with E-state index in [1.807, 2.05) is 0 Å². The summed E-state index contributed by atoms with van der Waals surface area (Å²) in [6.45, 7) is -0.0307. The zero-order valence-corrected chi connectivity index (χ0v) is 9.30. The number of rotatable bonds is 7. The molecule has 17 heavy (non-hydrogen) atoms. The summed E-state index contributed by atoms with van der Waals surface area (Å²) < 4.78 is 0. The molecule has 0 aliphatic heterocycles. The van der Waals surface area contributed by atoms with Crippen molar-refractivity contribution in [3.05, 3.63) is 0 Å². The maximum atomic E-state index is 11.4. The molecule has 0 spiro atoms. The first-order chi connectivity index (χ1) is 7.82. The van der Waals surface area contributed by atoms with E-state index in [-0.39, 0.29) is 18.9 Å². The first kappa shape index (κ1) is 14.9. The fraction of sp³-hybridized carbons (Fsp3) is 0.556. The van der Waals surface area contributed by atoms with Crippen LogP contribution in [0.5, 0.6) is 0 Å². The standard InChI is InChI=1S/C9H14N2O6/c1-6(12)10-3-2-7(13)11(4-8(14)15)5-9(16)17/h2-5H2,1H3,(H,10,12)(H,14,15)(H,16,17). The Kier molecular flexibility index (Phi) is 6.30. The van der Waals surface area contributed by atoms with Crippen molar-refractivity contribution in [1.29, 1.82) is 0 Å². The van der Waals surface area contributed by atoms with Gasteiger partial charge in [-0.25, -0.2) is 0 Å². The van der Waals surface area contributed by atoms with Crippen LogP contribution < -0.4 is 5.32 Å². The molecule has 0 aliphatic rings. The van der Waals surface area contributed by atoms with Gasteiger partial charge in [0, 0.05) is 19.9 Å². The molecule has 8 nitrogen and oxygen atoms in total. The van der Waals surface area contributed by atoms with Crippen LogP contribution in [-0.2, 0) is 19.2 Å². The van der Waals surface area contributed by atoms with Gasteiger partial charge in [0.2, 0.25) is 11.8 Å². The molecule has 0 aromatic heterocycles. The number of aliphatic carboxylic acids is 2. The zero-order chi connectivity index (χ0) is 13.4. The van der Waals surface area contributed by atoms with E-state index in [0.717, 1.165) is 0 Å². The van der Waals surface area contributed by atoms with Crippen LogP contribution in [0.2, 0.25) is 0 Å². The summed E-state index contributed by atoms with van der Waals surface area (Å²) in [5.41, 5.74) is 0. The van der Waals surface area contributed by atoms with E-state index in [0.29, 0.717) is 4.90 Å². The lowest BCUT2D eigenvalue weighted by molar-refractivity contribution is -0.149. The average Bonchev–Trinajstić information content (AvgIpc) is 2.14. The predicted molar refractivity (Wildman–Crippen MR) is 55.2 cm³/mol. The van der Waals surface area contributed by atoms with Crippen LogP contribution in [0.3, 0.4) is 0 Å². The molecule has 0 heterocycles. The van der Waals surface area contributed by atoms with E-state index in [2.05, 4.69) is 5.32 Å². The molecule has 0 aromatic rings. The number of hydrogen-bond donors (Lipinski definition) is 3. The zero-order valence-electron chi connectivity index (χ0n) is 9.30. The SMILES string of the molecule is CC(=O)NCCC(=O)N(CC(=O)O)CC(=O)O. The Morgan fingerprint density at radius 3 is 1.88 bits per heavy atom. The normalized spacial score (nSPS) is 9.47. The van der Waals surface area contributed by atoms with Crippen LogP contribution in [0, 0.1) is 0 Å². The average molecular weight is 246 g/mol. The van der Waals surface area contributed by atoms with E-state index < -0.39 is 30.9 Å². The van der Waals surface area contributed by atoms with Crippen LogP contribution in [0.15, 0.2) is 0 Å². The summed E-state index contributed by atoms with van der Waals surface area (Å²) in [4.78, 5) is 43.5. The van der Waals surface area contributed by atoms with Gasteiger partial charge in [-0.3, -0.25) is 19.2 Å². The summed E-state index contributed by atoms with van der Waals surface area (Å²) in [7, 11) is 0. The quantitative estimate of drug-likeness (QED) is 0.502. The summed E-state index contributed by atoms with van der Waals surface area (Å²) in [6, 6.07) is 0. The number of carbonyl (C=O) groups excluding carboxylic acids is 2. The van der Waals surface area contributed by atoms with E-state index in [1.54, 1.807) is 0 Å². The molecule has 0 saturated heterocycles. The molecule has 2 amide bonds. The Hall–Kier alpha value is -2.12. The van der Waals surface area contributed by atoms with Gasteiger partial charge in [-0.2, -0.15) is 0 Å². The number of carbonyl (C=O) groups is 4. The Labute approximate surface area is 97.2 Å². The van der Waals surface area contributed by atoms with Gasteiger partial charge in [-0.15, -0.1) is 0 Å². The fourth-order valence-electron chi connectivity index (χ4n) is 1.06. The molecule has 0 saturated carbocycles. The van der Waals surface area contributed by atoms with Gasteiger partial charge in [-0.05, 0) is 0 Å². The third-order valence-corrected chi connectivity index (χ3v) is 1.72. The lowest BCUT2D eigenvalue weighted by Crippen LogP contribution is -2.40. The smallest absolute Gasteiger partial charge is 0.323 e. The number of carboxylic acid groups (broad SMARTS) is 2. The maximum Gasteiger partial charge on any atom is 0.323 e. The molecule has 0 fully saturated rings. The highest BCUT2D eigenvalue weighted by Gasteiger charge is 2.19. The molecule has 0 atom stereocenters. The van der Waals surface area contributed by atoms with Gasteiger partial charge >= 0.3 is 11.9 Å². The number of hydrogen-bond acceptors (Lipinski definition) is 4. The van der Waals surface area contributed by atoms with Crippen molar-refractivity contribution in [2.75, 3.05) is 19.6 Å². The largest absolute Gasteiger partial charge is 0.480 e. The highest BCUT2D eigenvalue weighted by atomic mass is 16.4. The maximum absolute atomic E-state index is 11.4. The lowest BCUT2D eigenvalue weighted by atomic mass is 10.3. The predicted octanol–water partition coefficient (Wildman–Crippen LogP) is -1.49. The third kappa shape index (κ3) is 7.77. The molecule has 96 valence electrons. The minimum Gasteiger partial charge on any atom is -0.480 e. The summed E-state index contributed by atoms with van der Waals surface area (Å²) >= 11 is 0. The summed E-state index contributed by atoms with van der Waals surface area (Å²) in [6.07, 6.45) is -0.139. The summed E-state index contributed by atoms with van der Waals surface area (Å²) in [5, 5.41) is 19.4. The highest BCUT2D eigenvalue weighted by Crippen LogP contribution is 1.94. The number of nitrogens with one attached hydrogen (secondary N) is 1. The van der Waals surface area contributed by atoms with E-state index in [4.69, 9.17) is 10.2 Å². The Bertz CT molecular complexity index is 311. The molecule has 0 rings (SSSR count). The third-order valence-electron chi connectivity index (χ3n) is 1.72. The van der Waals surface area contributed by atoms with E-state index >= 15 is 0 Å². The van der Waals surface area contributed by atoms with Gasteiger partial charge in [-0.1, -0.05) is 0 Å². The Balaban J connectivity index is 4.26. The van der Waals surface area contributed by atoms with Gasteiger partial charge in [0.15, 0.2) is 0 Å². The van der Waals surface area contributed by atoms with Crippen molar-refractivity contribution in [3.8, 4) is 0 Å². The van der Waals surface area contributed by atoms with Gasteiger partial charge in [0.05, 0.1) is 0 Å². The monoisotopic (exact) mass is 246 g/mol. The topological polar surface area (TPSA) is 124 Å². The number of nitrogens with zero attached hydrogens (tertiary/aromatic N) is 1. The van der Waals surface area contributed by atoms with Crippen LogP contribution in [0.25, 0.3) is 0 Å². The molecule has 0 bridgehead atoms. The Morgan fingerprint density at radius 1 is 1.06 bits per heavy atom. The number of amides is 2. The minimum absolute atomic E-state index is 0.0455. The van der Waals surface area contributed by atoms with Crippen molar-refractivity contribution in [2.24, 2.45) is 0 Å². The van der Waals surface area contributed by atoms with Crippen LogP contribution in [0.1, 0.15) is 13.3 Å². The highest BCUT2D eigenvalue weighted by molar-refractivity contribution is 5.85. The second-order valence-corrected chi connectivity index (χ2v) is 3.27. The van der Waals surface area contributed by atoms with E-state index in [1.165, 1.54) is 6.92 Å². The van der Waals surface area contributed by atoms with Crippen molar-refractivity contribution < 1.29 is 29.4 Å². The first-order valence-corrected chi connectivity index (χ1v) is 4.78. The van der Waals surface area contributed by atoms with Crippen LogP contribution in [0.4, 0.5) is 0 Å². The minimum atomic E-state index is -1.29. The molecule has 0 aliphatic carbocycles. The number of carboxylic acids is 2. The van der Waals surface area contributed by atoms with Crippen molar-refractivity contribution >= 4 is 23.8 Å². The van der Waals surface area contributed by atoms with Gasteiger partial charge in [0.1, 0.15) is 13.1 Å². The molecular weight excluding hydrogens is 232 g/mol. The summed E-state index contributed by atoms with van der Waals surface area (Å²) in [5.74, 6) is -3.54. The van der Waals surface area contributed by atoms with Crippen molar-refractivity contribution in [2.45, 2.75) is 13.3 Å². The molecular formula is C9H14N2O6. The molecule has 3 N–H and O–H groups in total. The molecule has 0 unspecified atom stereocenters. The Morgan fingerprint density at radius 2 is 1.53 bits per heavy atom. The van der Waals surface area contributed by atoms with Gasteiger partial charge in [0.25, 0.3) is 0 Å².